The minimum absolute atomic E-state index is 0.0451. The Balaban J connectivity index is 1.75. The minimum atomic E-state index is -0.140. The van der Waals surface area contributed by atoms with Gasteiger partial charge in [0.05, 0.1) is 18.7 Å². The van der Waals surface area contributed by atoms with Crippen LogP contribution in [0.15, 0.2) is 77.7 Å². The van der Waals surface area contributed by atoms with Crippen LogP contribution in [0.1, 0.15) is 18.2 Å². The van der Waals surface area contributed by atoms with Gasteiger partial charge in [-0.1, -0.05) is 18.2 Å². The van der Waals surface area contributed by atoms with E-state index in [-0.39, 0.29) is 11.9 Å². The van der Waals surface area contributed by atoms with Crippen LogP contribution in [-0.4, -0.2) is 10.5 Å². The van der Waals surface area contributed by atoms with Gasteiger partial charge in [-0.05, 0) is 36.4 Å². The van der Waals surface area contributed by atoms with Crippen molar-refractivity contribution >= 4 is 11.6 Å². The van der Waals surface area contributed by atoms with Crippen LogP contribution in [-0.2, 0) is 4.79 Å². The lowest BCUT2D eigenvalue weighted by molar-refractivity contribution is -0.116. The Labute approximate surface area is 123 Å². The topological polar surface area (TPSA) is 47.2 Å². The molecule has 1 aromatic carbocycles. The molecule has 1 N–H and O–H groups in total. The predicted octanol–water partition coefficient (Wildman–Crippen LogP) is 3.70. The Kier molecular flexibility index (Phi) is 3.87. The third-order valence-corrected chi connectivity index (χ3v) is 3.30. The molecule has 2 aromatic heterocycles. The van der Waals surface area contributed by atoms with Gasteiger partial charge in [-0.2, -0.15) is 0 Å². The number of para-hydroxylation sites is 1. The Morgan fingerprint density at radius 1 is 1.05 bits per heavy atom. The summed E-state index contributed by atoms with van der Waals surface area (Å²) in [5, 5.41) is 2.90. The van der Waals surface area contributed by atoms with Crippen LogP contribution in [0, 0.1) is 0 Å². The van der Waals surface area contributed by atoms with Gasteiger partial charge in [0.15, 0.2) is 0 Å². The number of benzene rings is 1. The monoisotopic (exact) mass is 280 g/mol. The largest absolute Gasteiger partial charge is 0.467 e. The standard InChI is InChI=1S/C17H16N2O2/c20-17(18-14-7-2-1-3-8-14)13-15(16-9-6-12-21-16)19-10-4-5-11-19/h1-12,15H,13H2,(H,18,20). The van der Waals surface area contributed by atoms with E-state index in [0.717, 1.165) is 11.4 Å². The molecular formula is C17H16N2O2. The van der Waals surface area contributed by atoms with Crippen molar-refractivity contribution in [1.29, 1.82) is 0 Å². The molecule has 0 bridgehead atoms. The molecule has 0 fully saturated rings. The van der Waals surface area contributed by atoms with Crippen molar-refractivity contribution in [2.24, 2.45) is 0 Å². The molecule has 0 aliphatic carbocycles. The van der Waals surface area contributed by atoms with Gasteiger partial charge >= 0.3 is 0 Å². The second-order valence-electron chi connectivity index (χ2n) is 4.78. The number of anilines is 1. The number of nitrogens with one attached hydrogen (secondary N) is 1. The summed E-state index contributed by atoms with van der Waals surface area (Å²) in [6.45, 7) is 0. The zero-order valence-electron chi connectivity index (χ0n) is 11.5. The van der Waals surface area contributed by atoms with E-state index in [1.165, 1.54) is 0 Å². The molecule has 106 valence electrons. The number of hydrogen-bond donors (Lipinski definition) is 1. The fourth-order valence-electron chi connectivity index (χ4n) is 2.30. The molecular weight excluding hydrogens is 264 g/mol. The Bertz CT molecular complexity index is 639. The Hall–Kier alpha value is -2.75. The van der Waals surface area contributed by atoms with Gasteiger partial charge in [-0.25, -0.2) is 0 Å². The van der Waals surface area contributed by atoms with Crippen molar-refractivity contribution < 1.29 is 9.21 Å². The lowest BCUT2D eigenvalue weighted by atomic mass is 10.1. The van der Waals surface area contributed by atoms with E-state index in [1.807, 2.05) is 71.6 Å². The highest BCUT2D eigenvalue weighted by atomic mass is 16.3. The smallest absolute Gasteiger partial charge is 0.226 e. The number of carbonyl (C=O) groups is 1. The molecule has 1 amide bonds. The molecule has 2 heterocycles. The average molecular weight is 280 g/mol. The van der Waals surface area contributed by atoms with Crippen molar-refractivity contribution in [1.82, 2.24) is 4.57 Å². The third kappa shape index (κ3) is 3.23. The van der Waals surface area contributed by atoms with Crippen molar-refractivity contribution in [2.75, 3.05) is 5.32 Å². The number of aromatic nitrogens is 1. The summed E-state index contributed by atoms with van der Waals surface area (Å²) in [7, 11) is 0. The van der Waals surface area contributed by atoms with Gasteiger partial charge in [0.2, 0.25) is 5.91 Å². The van der Waals surface area contributed by atoms with Crippen molar-refractivity contribution in [3.05, 3.63) is 79.0 Å². The molecule has 3 aromatic rings. The maximum absolute atomic E-state index is 12.2. The Morgan fingerprint density at radius 3 is 2.48 bits per heavy atom. The Morgan fingerprint density at radius 2 is 1.81 bits per heavy atom. The van der Waals surface area contributed by atoms with Crippen LogP contribution in [0.25, 0.3) is 0 Å². The number of amides is 1. The molecule has 0 radical (unpaired) electrons. The quantitative estimate of drug-likeness (QED) is 0.774. The number of carbonyl (C=O) groups excluding carboxylic acids is 1. The fourth-order valence-corrected chi connectivity index (χ4v) is 2.30. The molecule has 1 unspecified atom stereocenters. The second-order valence-corrected chi connectivity index (χ2v) is 4.78. The van der Waals surface area contributed by atoms with E-state index in [9.17, 15) is 4.79 Å². The number of nitrogens with zero attached hydrogens (tertiary/aromatic N) is 1. The van der Waals surface area contributed by atoms with Gasteiger partial charge in [-0.15, -0.1) is 0 Å². The molecule has 4 heteroatoms. The van der Waals surface area contributed by atoms with E-state index in [2.05, 4.69) is 5.32 Å². The molecule has 3 rings (SSSR count). The first kappa shape index (κ1) is 13.2. The highest BCUT2D eigenvalue weighted by molar-refractivity contribution is 5.91. The highest BCUT2D eigenvalue weighted by Crippen LogP contribution is 2.23. The van der Waals surface area contributed by atoms with Crippen molar-refractivity contribution in [3.63, 3.8) is 0 Å². The van der Waals surface area contributed by atoms with E-state index < -0.39 is 0 Å². The molecule has 1 atom stereocenters. The first-order valence-electron chi connectivity index (χ1n) is 6.84. The summed E-state index contributed by atoms with van der Waals surface area (Å²) in [6.07, 6.45) is 5.81. The maximum atomic E-state index is 12.2. The highest BCUT2D eigenvalue weighted by Gasteiger charge is 2.19. The summed E-state index contributed by atoms with van der Waals surface area (Å²) >= 11 is 0. The molecule has 21 heavy (non-hydrogen) atoms. The summed E-state index contributed by atoms with van der Waals surface area (Å²) in [4.78, 5) is 12.2. The third-order valence-electron chi connectivity index (χ3n) is 3.30. The van der Waals surface area contributed by atoms with Crippen LogP contribution in [0.3, 0.4) is 0 Å². The molecule has 0 aliphatic heterocycles. The molecule has 0 saturated carbocycles. The number of hydrogen-bond acceptors (Lipinski definition) is 2. The van der Waals surface area contributed by atoms with Crippen LogP contribution >= 0.6 is 0 Å². The van der Waals surface area contributed by atoms with Crippen LogP contribution in [0.5, 0.6) is 0 Å². The second kappa shape index (κ2) is 6.13. The van der Waals surface area contributed by atoms with Crippen LogP contribution in [0.4, 0.5) is 5.69 Å². The molecule has 0 aliphatic rings. The first-order valence-corrected chi connectivity index (χ1v) is 6.84. The minimum Gasteiger partial charge on any atom is -0.467 e. The van der Waals surface area contributed by atoms with E-state index >= 15 is 0 Å². The molecule has 0 saturated heterocycles. The van der Waals surface area contributed by atoms with Crippen LogP contribution in [0.2, 0.25) is 0 Å². The van der Waals surface area contributed by atoms with Gasteiger partial charge in [-0.3, -0.25) is 4.79 Å². The van der Waals surface area contributed by atoms with E-state index in [1.54, 1.807) is 6.26 Å². The maximum Gasteiger partial charge on any atom is 0.226 e. The number of furan rings is 1. The normalized spacial score (nSPS) is 12.0. The first-order chi connectivity index (χ1) is 10.3. The molecule has 0 spiro atoms. The zero-order chi connectivity index (χ0) is 14.5. The van der Waals surface area contributed by atoms with Crippen molar-refractivity contribution in [2.45, 2.75) is 12.5 Å². The fraction of sp³-hybridized carbons (Fsp3) is 0.118. The number of rotatable bonds is 5. The van der Waals surface area contributed by atoms with E-state index in [0.29, 0.717) is 6.42 Å². The lowest BCUT2D eigenvalue weighted by Gasteiger charge is -2.16. The van der Waals surface area contributed by atoms with Gasteiger partial charge < -0.3 is 14.3 Å². The van der Waals surface area contributed by atoms with Gasteiger partial charge in [0.1, 0.15) is 5.76 Å². The van der Waals surface area contributed by atoms with E-state index in [4.69, 9.17) is 4.42 Å². The summed E-state index contributed by atoms with van der Waals surface area (Å²) in [5.41, 5.74) is 0.799. The van der Waals surface area contributed by atoms with Gasteiger partial charge in [0, 0.05) is 18.1 Å². The average Bonchev–Trinajstić information content (AvgIpc) is 3.19. The molecule has 4 nitrogen and oxygen atoms in total. The summed E-state index contributed by atoms with van der Waals surface area (Å²) in [6, 6.07) is 16.9. The van der Waals surface area contributed by atoms with Crippen LogP contribution < -0.4 is 5.32 Å². The lowest BCUT2D eigenvalue weighted by Crippen LogP contribution is -2.19. The van der Waals surface area contributed by atoms with Gasteiger partial charge in [0.25, 0.3) is 0 Å². The SMILES string of the molecule is O=C(CC(c1ccco1)n1cccc1)Nc1ccccc1. The summed E-state index contributed by atoms with van der Waals surface area (Å²) in [5.74, 6) is 0.728. The predicted molar refractivity (Wildman–Crippen MR) is 81.0 cm³/mol. The summed E-state index contributed by atoms with van der Waals surface area (Å²) < 4.78 is 7.45. The van der Waals surface area contributed by atoms with Crippen molar-refractivity contribution in [3.8, 4) is 0 Å². The zero-order valence-corrected chi connectivity index (χ0v) is 11.5.